The highest BCUT2D eigenvalue weighted by atomic mass is 19.2. The highest BCUT2D eigenvalue weighted by Gasteiger charge is 2.22. The molecular formula is C29H37F3. The summed E-state index contributed by atoms with van der Waals surface area (Å²) in [6.07, 6.45) is 15.5. The molecule has 1 aliphatic rings. The van der Waals surface area contributed by atoms with Crippen LogP contribution in [0.25, 0.3) is 17.2 Å². The van der Waals surface area contributed by atoms with E-state index in [1.54, 1.807) is 18.2 Å². The van der Waals surface area contributed by atoms with Gasteiger partial charge in [-0.15, -0.1) is 0 Å². The average molecular weight is 443 g/mol. The maximum absolute atomic E-state index is 14.8. The molecule has 0 aliphatic heterocycles. The Morgan fingerprint density at radius 3 is 2.12 bits per heavy atom. The van der Waals surface area contributed by atoms with E-state index in [-0.39, 0.29) is 5.56 Å². The molecule has 3 rings (SSSR count). The summed E-state index contributed by atoms with van der Waals surface area (Å²) in [4.78, 5) is 0. The molecule has 3 heteroatoms. The van der Waals surface area contributed by atoms with Crippen molar-refractivity contribution in [2.24, 2.45) is 0 Å². The maximum Gasteiger partial charge on any atom is 0.167 e. The Bertz CT molecular complexity index is 845. The zero-order valence-corrected chi connectivity index (χ0v) is 19.4. The largest absolute Gasteiger partial charge is 0.247 e. The smallest absolute Gasteiger partial charge is 0.167 e. The first-order chi connectivity index (χ1) is 15.6. The fourth-order valence-corrected chi connectivity index (χ4v) is 4.67. The van der Waals surface area contributed by atoms with Crippen molar-refractivity contribution >= 4 is 6.08 Å². The minimum atomic E-state index is -0.797. The van der Waals surface area contributed by atoms with Crippen LogP contribution in [-0.2, 0) is 0 Å². The van der Waals surface area contributed by atoms with Gasteiger partial charge in [-0.25, -0.2) is 13.2 Å². The standard InChI is InChI=1S/C29H37F3/c1-2-3-4-5-6-7-8-9-10-11-25-18-21-27(29(32)28(25)31)24-14-12-22(13-15-24)23-16-19-26(30)20-17-23/h10-15,18,21,23,26H,2-9,16-17,19-20H2,1H3/b11-10+. The van der Waals surface area contributed by atoms with Crippen molar-refractivity contribution in [3.63, 3.8) is 0 Å². The summed E-state index contributed by atoms with van der Waals surface area (Å²) >= 11 is 0. The minimum Gasteiger partial charge on any atom is -0.247 e. The molecule has 0 radical (unpaired) electrons. The average Bonchev–Trinajstić information content (AvgIpc) is 2.81. The highest BCUT2D eigenvalue weighted by Crippen LogP contribution is 2.35. The van der Waals surface area contributed by atoms with Crippen LogP contribution in [0.5, 0.6) is 0 Å². The van der Waals surface area contributed by atoms with Crippen LogP contribution in [0.15, 0.2) is 42.5 Å². The molecule has 1 saturated carbocycles. The molecule has 2 aromatic rings. The van der Waals surface area contributed by atoms with E-state index in [1.165, 1.54) is 38.5 Å². The van der Waals surface area contributed by atoms with Crippen LogP contribution in [0.3, 0.4) is 0 Å². The minimum absolute atomic E-state index is 0.283. The molecule has 0 bridgehead atoms. The molecule has 1 aliphatic carbocycles. The molecule has 0 N–H and O–H groups in total. The van der Waals surface area contributed by atoms with Crippen molar-refractivity contribution in [3.05, 3.63) is 65.2 Å². The molecule has 0 amide bonds. The van der Waals surface area contributed by atoms with Gasteiger partial charge in [0.15, 0.2) is 11.6 Å². The first kappa shape index (κ1) is 24.6. The number of benzene rings is 2. The maximum atomic E-state index is 14.8. The van der Waals surface area contributed by atoms with Crippen LogP contribution in [0.2, 0.25) is 0 Å². The van der Waals surface area contributed by atoms with E-state index >= 15 is 0 Å². The first-order valence-corrected chi connectivity index (χ1v) is 12.5. The lowest BCUT2D eigenvalue weighted by Gasteiger charge is -2.24. The van der Waals surface area contributed by atoms with Gasteiger partial charge in [-0.2, -0.15) is 0 Å². The van der Waals surface area contributed by atoms with Crippen molar-refractivity contribution in [3.8, 4) is 11.1 Å². The third-order valence-electron chi connectivity index (χ3n) is 6.73. The van der Waals surface area contributed by atoms with Crippen molar-refractivity contribution in [1.82, 2.24) is 0 Å². The summed E-state index contributed by atoms with van der Waals surface area (Å²) in [6, 6.07) is 11.0. The van der Waals surface area contributed by atoms with Gasteiger partial charge in [0.05, 0.1) is 0 Å². The number of halogens is 3. The zero-order chi connectivity index (χ0) is 22.8. The molecule has 174 valence electrons. The van der Waals surface area contributed by atoms with Gasteiger partial charge >= 0.3 is 0 Å². The number of hydrogen-bond donors (Lipinski definition) is 0. The van der Waals surface area contributed by atoms with E-state index in [4.69, 9.17) is 0 Å². The van der Waals surface area contributed by atoms with Gasteiger partial charge in [-0.3, -0.25) is 0 Å². The Labute approximate surface area is 191 Å². The van der Waals surface area contributed by atoms with E-state index < -0.39 is 17.8 Å². The summed E-state index contributed by atoms with van der Waals surface area (Å²) in [5, 5.41) is 0. The molecule has 0 spiro atoms. The number of rotatable bonds is 11. The van der Waals surface area contributed by atoms with Crippen molar-refractivity contribution in [2.75, 3.05) is 0 Å². The molecule has 0 atom stereocenters. The fourth-order valence-electron chi connectivity index (χ4n) is 4.67. The number of hydrogen-bond acceptors (Lipinski definition) is 0. The quantitative estimate of drug-likeness (QED) is 0.304. The predicted molar refractivity (Wildman–Crippen MR) is 130 cm³/mol. The third kappa shape index (κ3) is 6.98. The monoisotopic (exact) mass is 442 g/mol. The molecule has 1 fully saturated rings. The summed E-state index contributed by atoms with van der Waals surface area (Å²) in [5.41, 5.74) is 2.41. The van der Waals surface area contributed by atoms with Crippen molar-refractivity contribution in [1.29, 1.82) is 0 Å². The summed E-state index contributed by atoms with van der Waals surface area (Å²) in [5.74, 6) is -1.22. The van der Waals surface area contributed by atoms with E-state index in [9.17, 15) is 13.2 Å². The van der Waals surface area contributed by atoms with Gasteiger partial charge in [0, 0.05) is 11.1 Å². The third-order valence-corrected chi connectivity index (χ3v) is 6.73. The topological polar surface area (TPSA) is 0 Å². The second kappa shape index (κ2) is 12.9. The number of alkyl halides is 1. The lowest BCUT2D eigenvalue weighted by Crippen LogP contribution is -2.13. The Kier molecular flexibility index (Phi) is 9.89. The Hall–Kier alpha value is -2.03. The zero-order valence-electron chi connectivity index (χ0n) is 19.4. The SMILES string of the molecule is CCCCCCCCC/C=C/c1ccc(-c2ccc(C3CCC(F)CC3)cc2)c(F)c1F. The molecule has 0 heterocycles. The van der Waals surface area contributed by atoms with E-state index in [1.807, 2.05) is 30.3 Å². The van der Waals surface area contributed by atoms with Gasteiger partial charge in [0.25, 0.3) is 0 Å². The normalized spacial score (nSPS) is 19.0. The Balaban J connectivity index is 1.55. The molecule has 0 nitrogen and oxygen atoms in total. The van der Waals surface area contributed by atoms with Gasteiger partial charge < -0.3 is 0 Å². The lowest BCUT2D eigenvalue weighted by molar-refractivity contribution is 0.235. The van der Waals surface area contributed by atoms with Crippen LogP contribution >= 0.6 is 0 Å². The van der Waals surface area contributed by atoms with Crippen molar-refractivity contribution < 1.29 is 13.2 Å². The lowest BCUT2D eigenvalue weighted by atomic mass is 9.83. The molecular weight excluding hydrogens is 405 g/mol. The molecule has 0 aromatic heterocycles. The number of unbranched alkanes of at least 4 members (excludes halogenated alkanes) is 7. The molecule has 0 saturated heterocycles. The summed E-state index contributed by atoms with van der Waals surface area (Å²) in [7, 11) is 0. The molecule has 0 unspecified atom stereocenters. The fraction of sp³-hybridized carbons (Fsp3) is 0.517. The predicted octanol–water partition coefficient (Wildman–Crippen LogP) is 9.78. The first-order valence-electron chi connectivity index (χ1n) is 12.5. The Morgan fingerprint density at radius 1 is 0.781 bits per heavy atom. The summed E-state index contributed by atoms with van der Waals surface area (Å²) in [6.45, 7) is 2.22. The Morgan fingerprint density at radius 2 is 1.44 bits per heavy atom. The van der Waals surface area contributed by atoms with Crippen molar-refractivity contribution in [2.45, 2.75) is 96.1 Å². The van der Waals surface area contributed by atoms with Crippen LogP contribution in [0, 0.1) is 11.6 Å². The van der Waals surface area contributed by atoms with Crippen LogP contribution < -0.4 is 0 Å². The second-order valence-corrected chi connectivity index (χ2v) is 9.21. The van der Waals surface area contributed by atoms with Crippen LogP contribution in [-0.4, -0.2) is 6.17 Å². The van der Waals surface area contributed by atoms with Gasteiger partial charge in [0.1, 0.15) is 6.17 Å². The van der Waals surface area contributed by atoms with Gasteiger partial charge in [-0.1, -0.05) is 94.0 Å². The van der Waals surface area contributed by atoms with E-state index in [0.717, 1.165) is 31.2 Å². The second-order valence-electron chi connectivity index (χ2n) is 9.21. The van der Waals surface area contributed by atoms with Crippen LogP contribution in [0.4, 0.5) is 13.2 Å². The molecule has 32 heavy (non-hydrogen) atoms. The highest BCUT2D eigenvalue weighted by molar-refractivity contribution is 5.67. The summed E-state index contributed by atoms with van der Waals surface area (Å²) < 4.78 is 42.8. The van der Waals surface area contributed by atoms with E-state index in [0.29, 0.717) is 29.9 Å². The van der Waals surface area contributed by atoms with Gasteiger partial charge in [0.2, 0.25) is 0 Å². The van der Waals surface area contributed by atoms with Gasteiger partial charge in [-0.05, 0) is 55.6 Å². The molecule has 2 aromatic carbocycles. The van der Waals surface area contributed by atoms with Crippen LogP contribution in [0.1, 0.15) is 101 Å². The number of allylic oxidation sites excluding steroid dienone is 1. The van der Waals surface area contributed by atoms with E-state index in [2.05, 4.69) is 6.92 Å².